The fraction of sp³-hybridized carbons (Fsp3) is 0.500. The third-order valence-corrected chi connectivity index (χ3v) is 8.16. The smallest absolute Gasteiger partial charge is 0.255 e. The molecule has 0 aromatic heterocycles. The second-order valence-corrected chi connectivity index (χ2v) is 9.77. The predicted molar refractivity (Wildman–Crippen MR) is 118 cm³/mol. The van der Waals surface area contributed by atoms with Gasteiger partial charge in [-0.1, -0.05) is 31.0 Å². The number of aryl methyl sites for hydroxylation is 1. The highest BCUT2D eigenvalue weighted by molar-refractivity contribution is 6.05. The molecule has 4 atom stereocenters. The summed E-state index contributed by atoms with van der Waals surface area (Å²) in [5.41, 5.74) is 7.42. The second kappa shape index (κ2) is 6.62. The van der Waals surface area contributed by atoms with Crippen LogP contribution in [0.15, 0.2) is 36.4 Å². The summed E-state index contributed by atoms with van der Waals surface area (Å²) >= 11 is 0. The largest absolute Gasteiger partial charge is 0.370 e. The van der Waals surface area contributed by atoms with Crippen molar-refractivity contribution in [1.82, 2.24) is 0 Å². The second-order valence-electron chi connectivity index (χ2n) is 9.77. The molecule has 3 nitrogen and oxygen atoms in total. The molecule has 2 fully saturated rings. The molecule has 2 saturated carbocycles. The van der Waals surface area contributed by atoms with E-state index in [0.29, 0.717) is 11.8 Å². The summed E-state index contributed by atoms with van der Waals surface area (Å²) in [5.74, 6) is 3.00. The van der Waals surface area contributed by atoms with Gasteiger partial charge in [-0.05, 0) is 91.2 Å². The van der Waals surface area contributed by atoms with Gasteiger partial charge in [0.15, 0.2) is 0 Å². The lowest BCUT2D eigenvalue weighted by Gasteiger charge is -2.46. The summed E-state index contributed by atoms with van der Waals surface area (Å²) < 4.78 is 0. The monoisotopic (exact) mass is 386 g/mol. The molecule has 29 heavy (non-hydrogen) atoms. The summed E-state index contributed by atoms with van der Waals surface area (Å²) in [4.78, 5) is 15.7. The average Bonchev–Trinajstić information content (AvgIpc) is 3.37. The molecule has 3 heteroatoms. The van der Waals surface area contributed by atoms with Crippen LogP contribution in [0.5, 0.6) is 0 Å². The van der Waals surface area contributed by atoms with Crippen molar-refractivity contribution in [2.75, 3.05) is 23.3 Å². The van der Waals surface area contributed by atoms with E-state index in [-0.39, 0.29) is 5.91 Å². The molecule has 150 valence electrons. The van der Waals surface area contributed by atoms with Crippen molar-refractivity contribution < 1.29 is 4.79 Å². The number of rotatable bonds is 2. The van der Waals surface area contributed by atoms with Crippen molar-refractivity contribution in [2.45, 2.75) is 57.3 Å². The van der Waals surface area contributed by atoms with Crippen LogP contribution in [0.3, 0.4) is 0 Å². The molecule has 2 aromatic carbocycles. The first kappa shape index (κ1) is 17.6. The number of nitrogens with zero attached hydrogens (tertiary/aromatic N) is 1. The molecule has 6 rings (SSSR count). The molecular formula is C26H30N2O. The Balaban J connectivity index is 1.43. The van der Waals surface area contributed by atoms with Crippen molar-refractivity contribution in [3.8, 4) is 0 Å². The average molecular weight is 387 g/mol. The van der Waals surface area contributed by atoms with Gasteiger partial charge in [0.1, 0.15) is 0 Å². The lowest BCUT2D eigenvalue weighted by molar-refractivity contribution is 0.102. The minimum atomic E-state index is 0.0182. The van der Waals surface area contributed by atoms with Gasteiger partial charge in [-0.3, -0.25) is 4.79 Å². The Morgan fingerprint density at radius 2 is 1.55 bits per heavy atom. The van der Waals surface area contributed by atoms with Crippen LogP contribution < -0.4 is 10.2 Å². The van der Waals surface area contributed by atoms with Crippen LogP contribution in [0.2, 0.25) is 0 Å². The van der Waals surface area contributed by atoms with Crippen LogP contribution in [0, 0.1) is 18.8 Å². The summed E-state index contributed by atoms with van der Waals surface area (Å²) in [5, 5.41) is 3.27. The lowest BCUT2D eigenvalue weighted by atomic mass is 9.75. The Kier molecular flexibility index (Phi) is 4.01. The van der Waals surface area contributed by atoms with Crippen molar-refractivity contribution in [3.05, 3.63) is 58.7 Å². The van der Waals surface area contributed by atoms with E-state index in [1.165, 1.54) is 62.7 Å². The Labute approximate surface area is 173 Å². The van der Waals surface area contributed by atoms with E-state index < -0.39 is 0 Å². The van der Waals surface area contributed by atoms with Crippen LogP contribution in [0.25, 0.3) is 0 Å². The maximum atomic E-state index is 13.0. The summed E-state index contributed by atoms with van der Waals surface area (Å²) in [6.07, 6.45) is 8.06. The molecule has 0 bridgehead atoms. The molecule has 0 unspecified atom stereocenters. The highest BCUT2D eigenvalue weighted by atomic mass is 16.1. The van der Waals surface area contributed by atoms with Crippen LogP contribution >= 0.6 is 0 Å². The minimum absolute atomic E-state index is 0.0182. The fourth-order valence-electron chi connectivity index (χ4n) is 6.86. The number of hydrogen-bond acceptors (Lipinski definition) is 2. The quantitative estimate of drug-likeness (QED) is 0.702. The van der Waals surface area contributed by atoms with E-state index >= 15 is 0 Å². The van der Waals surface area contributed by atoms with Crippen LogP contribution in [-0.2, 0) is 0 Å². The zero-order chi connectivity index (χ0) is 19.5. The van der Waals surface area contributed by atoms with Crippen molar-refractivity contribution in [3.63, 3.8) is 0 Å². The highest BCUT2D eigenvalue weighted by Crippen LogP contribution is 2.56. The predicted octanol–water partition coefficient (Wildman–Crippen LogP) is 5.85. The number of carbonyl (C=O) groups is 1. The van der Waals surface area contributed by atoms with Gasteiger partial charge in [0.2, 0.25) is 0 Å². The Hall–Kier alpha value is -2.29. The molecule has 0 saturated heterocycles. The van der Waals surface area contributed by atoms with Crippen molar-refractivity contribution >= 4 is 17.3 Å². The number of carbonyl (C=O) groups excluding carboxylic acids is 1. The molecule has 0 radical (unpaired) electrons. The Morgan fingerprint density at radius 1 is 0.931 bits per heavy atom. The molecule has 4 aliphatic rings. The number of amides is 1. The van der Waals surface area contributed by atoms with Gasteiger partial charge in [-0.2, -0.15) is 0 Å². The maximum Gasteiger partial charge on any atom is 0.255 e. The first-order valence-corrected chi connectivity index (χ1v) is 11.5. The molecular weight excluding hydrogens is 356 g/mol. The summed E-state index contributed by atoms with van der Waals surface area (Å²) in [7, 11) is 0. The van der Waals surface area contributed by atoms with Gasteiger partial charge in [-0.15, -0.1) is 0 Å². The SMILES string of the molecule is Cc1ccccc1C(=O)Nc1cc2c3c(c1)[C@@H]1CCC[C@H]1CN3C[C@@H]1CCC[C@@H]21. The molecule has 1 N–H and O–H groups in total. The number of benzene rings is 2. The van der Waals surface area contributed by atoms with E-state index in [1.54, 1.807) is 5.69 Å². The van der Waals surface area contributed by atoms with E-state index in [2.05, 4.69) is 22.3 Å². The molecule has 2 aliphatic carbocycles. The number of anilines is 2. The molecule has 2 heterocycles. The van der Waals surface area contributed by atoms with Gasteiger partial charge in [0.05, 0.1) is 0 Å². The van der Waals surface area contributed by atoms with Gasteiger partial charge in [-0.25, -0.2) is 0 Å². The van der Waals surface area contributed by atoms with E-state index in [4.69, 9.17) is 0 Å². The van der Waals surface area contributed by atoms with E-state index in [9.17, 15) is 4.79 Å². The standard InChI is InChI=1S/C26H30N2O/c1-16-6-2-3-9-20(16)26(29)27-19-12-23-21-10-4-7-17(21)14-28-15-18-8-5-11-22(18)24(13-19)25(23)28/h2-3,6,9,12-13,17-18,21-22H,4-5,7-8,10-11,14-15H2,1H3,(H,27,29)/t17-,18-,21+,22+/m0/s1. The van der Waals surface area contributed by atoms with E-state index in [0.717, 1.165) is 28.7 Å². The van der Waals surface area contributed by atoms with Crippen molar-refractivity contribution in [1.29, 1.82) is 0 Å². The third-order valence-electron chi connectivity index (χ3n) is 8.16. The van der Waals surface area contributed by atoms with Crippen LogP contribution in [0.4, 0.5) is 11.4 Å². The highest BCUT2D eigenvalue weighted by Gasteiger charge is 2.44. The number of fused-ring (bicyclic) bond motifs is 4. The normalized spacial score (nSPS) is 29.2. The Bertz CT molecular complexity index is 935. The minimum Gasteiger partial charge on any atom is -0.370 e. The third kappa shape index (κ3) is 2.73. The molecule has 1 amide bonds. The number of hydrogen-bond donors (Lipinski definition) is 1. The summed E-state index contributed by atoms with van der Waals surface area (Å²) in [6, 6.07) is 12.5. The molecule has 0 spiro atoms. The zero-order valence-electron chi connectivity index (χ0n) is 17.3. The van der Waals surface area contributed by atoms with Crippen LogP contribution in [0.1, 0.15) is 77.4 Å². The van der Waals surface area contributed by atoms with Gasteiger partial charge in [0, 0.05) is 30.0 Å². The van der Waals surface area contributed by atoms with E-state index in [1.807, 2.05) is 31.2 Å². The van der Waals surface area contributed by atoms with Gasteiger partial charge < -0.3 is 10.2 Å². The Morgan fingerprint density at radius 3 is 2.17 bits per heavy atom. The summed E-state index contributed by atoms with van der Waals surface area (Å²) in [6.45, 7) is 4.52. The maximum absolute atomic E-state index is 13.0. The zero-order valence-corrected chi connectivity index (χ0v) is 17.3. The lowest BCUT2D eigenvalue weighted by Crippen LogP contribution is -2.43. The topological polar surface area (TPSA) is 32.3 Å². The van der Waals surface area contributed by atoms with Crippen molar-refractivity contribution in [2.24, 2.45) is 11.8 Å². The van der Waals surface area contributed by atoms with Gasteiger partial charge in [0.25, 0.3) is 5.91 Å². The molecule has 2 aliphatic heterocycles. The molecule has 2 aromatic rings. The fourth-order valence-corrected chi connectivity index (χ4v) is 6.86. The van der Waals surface area contributed by atoms with Gasteiger partial charge >= 0.3 is 0 Å². The number of nitrogens with one attached hydrogen (secondary N) is 1. The first-order chi connectivity index (χ1) is 14.2. The first-order valence-electron chi connectivity index (χ1n) is 11.5. The van der Waals surface area contributed by atoms with Crippen LogP contribution in [-0.4, -0.2) is 19.0 Å².